The van der Waals surface area contributed by atoms with Gasteiger partial charge in [0.2, 0.25) is 5.91 Å². The lowest BCUT2D eigenvalue weighted by Gasteiger charge is -2.27. The van der Waals surface area contributed by atoms with Crippen molar-refractivity contribution in [1.29, 1.82) is 0 Å². The van der Waals surface area contributed by atoms with Crippen LogP contribution in [0.1, 0.15) is 30.6 Å². The number of nitrogen functional groups attached to an aromatic ring is 1. The van der Waals surface area contributed by atoms with Gasteiger partial charge in [0.1, 0.15) is 41.4 Å². The molecule has 0 saturated carbocycles. The average Bonchev–Trinajstić information content (AvgIpc) is 3.60. The van der Waals surface area contributed by atoms with Crippen LogP contribution in [0.25, 0.3) is 22.1 Å². The molecule has 1 fully saturated rings. The molecule has 5 rings (SSSR count). The van der Waals surface area contributed by atoms with Crippen LogP contribution in [-0.2, 0) is 16.1 Å². The second kappa shape index (κ2) is 10.4. The van der Waals surface area contributed by atoms with Crippen molar-refractivity contribution in [3.05, 3.63) is 53.7 Å². The van der Waals surface area contributed by atoms with Crippen molar-refractivity contribution < 1.29 is 9.53 Å². The molecule has 1 aliphatic rings. The maximum Gasteiger partial charge on any atom is 0.246 e. The van der Waals surface area contributed by atoms with Crippen molar-refractivity contribution in [2.24, 2.45) is 0 Å². The molecule has 4 heterocycles. The second-order valence-corrected chi connectivity index (χ2v) is 10.9. The van der Waals surface area contributed by atoms with Gasteiger partial charge in [0.25, 0.3) is 0 Å². The van der Waals surface area contributed by atoms with Crippen molar-refractivity contribution in [2.75, 3.05) is 18.9 Å². The number of rotatable bonds is 6. The molecule has 2 N–H and O–H groups in total. The second-order valence-electron chi connectivity index (χ2n) is 10.5. The van der Waals surface area contributed by atoms with Gasteiger partial charge in [-0.25, -0.2) is 19.6 Å². The number of imidazole rings is 1. The highest BCUT2D eigenvalue weighted by molar-refractivity contribution is 6.58. The number of carbonyl (C=O) groups is 1. The molecule has 1 amide bonds. The average molecular weight is 540 g/mol. The van der Waals surface area contributed by atoms with Crippen molar-refractivity contribution in [1.82, 2.24) is 34.2 Å². The lowest BCUT2D eigenvalue weighted by atomic mass is 9.52. The third kappa shape index (κ3) is 5.27. The number of nitrogens with zero attached hydrogens (tertiary/aromatic N) is 7. The van der Waals surface area contributed by atoms with Crippen LogP contribution in [-0.4, -0.2) is 88.1 Å². The van der Waals surface area contributed by atoms with Gasteiger partial charge in [-0.1, -0.05) is 24.1 Å². The summed E-state index contributed by atoms with van der Waals surface area (Å²) in [6.07, 6.45) is 5.15. The number of benzene rings is 1. The Morgan fingerprint density at radius 1 is 1.31 bits per heavy atom. The topological polar surface area (TPSA) is 117 Å². The molecule has 1 saturated heterocycles. The fraction of sp³-hybridized carbons (Fsp3) is 0.320. The first-order valence-electron chi connectivity index (χ1n) is 12.8. The first-order valence-corrected chi connectivity index (χ1v) is 13.2. The van der Waals surface area contributed by atoms with Crippen molar-refractivity contribution in [2.45, 2.75) is 37.3 Å². The monoisotopic (exact) mass is 540 g/mol. The molecule has 1 aromatic carbocycles. The van der Waals surface area contributed by atoms with Crippen LogP contribution in [0.15, 0.2) is 37.4 Å². The Kier molecular flexibility index (Phi) is 7.18. The van der Waals surface area contributed by atoms with E-state index in [0.717, 1.165) is 17.6 Å². The molecule has 10 nitrogen and oxygen atoms in total. The van der Waals surface area contributed by atoms with Gasteiger partial charge in [-0.05, 0) is 42.8 Å². The first-order chi connectivity index (χ1) is 18.6. The summed E-state index contributed by atoms with van der Waals surface area (Å²) in [4.78, 5) is 27.6. The van der Waals surface area contributed by atoms with Crippen LogP contribution in [0, 0.1) is 11.8 Å². The molecule has 2 atom stereocenters. The summed E-state index contributed by atoms with van der Waals surface area (Å²) < 4.78 is 9.85. The van der Waals surface area contributed by atoms with Gasteiger partial charge in [0.15, 0.2) is 5.65 Å². The van der Waals surface area contributed by atoms with E-state index in [-0.39, 0.29) is 29.1 Å². The van der Waals surface area contributed by atoms with Crippen molar-refractivity contribution in [3.8, 4) is 11.8 Å². The lowest BCUT2D eigenvalue weighted by molar-refractivity contribution is -0.128. The Morgan fingerprint density at radius 2 is 2.10 bits per heavy atom. The largest absolute Gasteiger partial charge is 0.399 e. The molecule has 39 heavy (non-hydrogen) atoms. The van der Waals surface area contributed by atoms with E-state index in [0.29, 0.717) is 46.9 Å². The van der Waals surface area contributed by atoms with E-state index in [1.807, 2.05) is 47.2 Å². The summed E-state index contributed by atoms with van der Waals surface area (Å²) in [5, 5.41) is 5.57. The van der Waals surface area contributed by atoms with Gasteiger partial charge < -0.3 is 19.9 Å². The Hall–Kier alpha value is -3.75. The number of fused-ring (bicyclic) bond motifs is 2. The molecule has 0 unspecified atom stereocenters. The molecule has 14 heteroatoms. The molecule has 3 aromatic heterocycles. The van der Waals surface area contributed by atoms with Crippen LogP contribution < -0.4 is 5.73 Å². The zero-order valence-corrected chi connectivity index (χ0v) is 23.2. The number of hydrogen-bond donors (Lipinski definition) is 1. The number of aryl methyl sites for hydroxylation is 1. The normalized spacial score (nSPS) is 17.4. The van der Waals surface area contributed by atoms with Crippen molar-refractivity contribution >= 4 is 68.9 Å². The first kappa shape index (κ1) is 26.8. The number of nitrogens with two attached hydrogens (primary N) is 1. The van der Waals surface area contributed by atoms with Crippen LogP contribution in [0.3, 0.4) is 0 Å². The summed E-state index contributed by atoms with van der Waals surface area (Å²) >= 11 is 6.57. The quantitative estimate of drug-likeness (QED) is 0.203. The smallest absolute Gasteiger partial charge is 0.246 e. The number of halogens is 1. The Labute approximate surface area is 234 Å². The maximum absolute atomic E-state index is 12.7. The fourth-order valence-corrected chi connectivity index (χ4v) is 5.06. The summed E-state index contributed by atoms with van der Waals surface area (Å²) in [5.41, 5.74) is 9.66. The predicted octanol–water partition coefficient (Wildman–Crippen LogP) is -0.313. The fourth-order valence-electron chi connectivity index (χ4n) is 4.85. The van der Waals surface area contributed by atoms with Crippen LogP contribution >= 0.6 is 11.6 Å². The number of ether oxygens (including phenoxy) is 1. The molecule has 0 bridgehead atoms. The molecule has 0 radical (unpaired) electrons. The molecule has 0 aliphatic carbocycles. The van der Waals surface area contributed by atoms with Gasteiger partial charge in [-0.3, -0.25) is 4.79 Å². The van der Waals surface area contributed by atoms with E-state index in [1.165, 1.54) is 12.4 Å². The van der Waals surface area contributed by atoms with E-state index in [2.05, 4.69) is 33.4 Å². The number of anilines is 1. The summed E-state index contributed by atoms with van der Waals surface area (Å²) in [7, 11) is 5.97. The Bertz CT molecular complexity index is 1650. The SMILES string of the molecule is BC(B)(B)OC[C@H]1C[C@H](n2nc(C#Cc3cc4ncn(CC)c4cc3Cl)c3c(N)ncnc32)CN1C(=O)C=C. The van der Waals surface area contributed by atoms with Crippen LogP contribution in [0.5, 0.6) is 0 Å². The molecule has 0 spiro atoms. The van der Waals surface area contributed by atoms with Gasteiger partial charge in [0, 0.05) is 18.7 Å². The lowest BCUT2D eigenvalue weighted by Crippen LogP contribution is -2.42. The van der Waals surface area contributed by atoms with Gasteiger partial charge >= 0.3 is 0 Å². The van der Waals surface area contributed by atoms with E-state index >= 15 is 0 Å². The summed E-state index contributed by atoms with van der Waals surface area (Å²) in [5.74, 6) is 6.40. The number of hydrogen-bond acceptors (Lipinski definition) is 7. The molecular weight excluding hydrogens is 512 g/mol. The van der Waals surface area contributed by atoms with Gasteiger partial charge in [-0.2, -0.15) is 5.10 Å². The van der Waals surface area contributed by atoms with Gasteiger partial charge in [0.05, 0.1) is 46.5 Å². The number of carbonyl (C=O) groups excluding carboxylic acids is 1. The highest BCUT2D eigenvalue weighted by atomic mass is 35.5. The zero-order valence-electron chi connectivity index (χ0n) is 22.5. The highest BCUT2D eigenvalue weighted by Gasteiger charge is 2.37. The minimum atomic E-state index is -0.331. The van der Waals surface area contributed by atoms with E-state index in [9.17, 15) is 4.79 Å². The zero-order chi connectivity index (χ0) is 27.9. The van der Waals surface area contributed by atoms with Crippen molar-refractivity contribution in [3.63, 3.8) is 0 Å². The minimum Gasteiger partial charge on any atom is -0.399 e. The number of amides is 1. The number of likely N-dealkylation sites (tertiary alicyclic amines) is 1. The summed E-state index contributed by atoms with van der Waals surface area (Å²) in [6, 6.07) is 3.44. The third-order valence-corrected chi connectivity index (χ3v) is 7.10. The van der Waals surface area contributed by atoms with E-state index in [4.69, 9.17) is 27.2 Å². The molecule has 4 aromatic rings. The van der Waals surface area contributed by atoms with E-state index in [1.54, 1.807) is 15.9 Å². The number of aromatic nitrogens is 6. The van der Waals surface area contributed by atoms with E-state index < -0.39 is 0 Å². The van der Waals surface area contributed by atoms with Crippen LogP contribution in [0.2, 0.25) is 5.02 Å². The predicted molar refractivity (Wildman–Crippen MR) is 160 cm³/mol. The van der Waals surface area contributed by atoms with Crippen LogP contribution in [0.4, 0.5) is 5.82 Å². The molecule has 196 valence electrons. The molecular formula is C25H28B3ClN8O2. The Morgan fingerprint density at radius 3 is 2.82 bits per heavy atom. The summed E-state index contributed by atoms with van der Waals surface area (Å²) in [6.45, 7) is 7.34. The minimum absolute atomic E-state index is 0.138. The Balaban J connectivity index is 1.52. The maximum atomic E-state index is 12.7. The highest BCUT2D eigenvalue weighted by Crippen LogP contribution is 2.32. The standard InChI is InChI=1S/C25H28B3ClN8O2/c1-3-21(38)36-10-15(8-16(36)11-39-25(26,27)28)37-24-22(23(30)31-12-32-24)18(34-37)6-5-14-7-19-20(9-17(14)29)35(4-2)13-33-19/h3,7,9,12-13,15-16H,1,4,8,10-11,26-28H2,2H3,(H2,30,31,32)/t15-,16+/m0/s1. The van der Waals surface area contributed by atoms with Gasteiger partial charge in [-0.15, -0.1) is 0 Å². The third-order valence-electron chi connectivity index (χ3n) is 6.79. The molecule has 1 aliphatic heterocycles.